The Labute approximate surface area is 133 Å². The summed E-state index contributed by atoms with van der Waals surface area (Å²) in [5.74, 6) is 1.36. The van der Waals surface area contributed by atoms with Crippen LogP contribution in [-0.4, -0.2) is 16.0 Å². The van der Waals surface area contributed by atoms with E-state index in [4.69, 9.17) is 23.2 Å². The maximum absolute atomic E-state index is 5.99. The fourth-order valence-electron chi connectivity index (χ4n) is 2.52. The first-order chi connectivity index (χ1) is 10.2. The van der Waals surface area contributed by atoms with Crippen molar-refractivity contribution in [3.05, 3.63) is 40.5 Å². The number of aromatic nitrogens is 2. The maximum atomic E-state index is 5.99. The largest absolute Gasteiger partial charge is 0.351 e. The van der Waals surface area contributed by atoms with Gasteiger partial charge in [0.05, 0.1) is 0 Å². The Morgan fingerprint density at radius 2 is 1.76 bits per heavy atom. The number of anilines is 3. The second-order valence-corrected chi connectivity index (χ2v) is 6.05. The molecule has 1 fully saturated rings. The minimum atomic E-state index is 0.487. The normalized spacial score (nSPS) is 15.1. The molecular formula is C15H16Cl2N4. The zero-order valence-electron chi connectivity index (χ0n) is 11.4. The molecular weight excluding hydrogens is 307 g/mol. The van der Waals surface area contributed by atoms with Crippen molar-refractivity contribution in [1.29, 1.82) is 0 Å². The molecule has 1 heterocycles. The highest BCUT2D eigenvalue weighted by atomic mass is 35.5. The van der Waals surface area contributed by atoms with Crippen molar-refractivity contribution in [1.82, 2.24) is 9.97 Å². The lowest BCUT2D eigenvalue weighted by Crippen LogP contribution is -2.16. The standard InChI is InChI=1S/C15H16Cl2N4/c16-10-7-11(17)9-13(8-10)19-14-5-6-18-15(21-14)20-12-3-1-2-4-12/h5-9,12H,1-4H2,(H2,18,19,20,21). The highest BCUT2D eigenvalue weighted by Crippen LogP contribution is 2.25. The fraction of sp³-hybridized carbons (Fsp3) is 0.333. The topological polar surface area (TPSA) is 49.8 Å². The quantitative estimate of drug-likeness (QED) is 0.842. The molecule has 2 aromatic rings. The summed E-state index contributed by atoms with van der Waals surface area (Å²) in [4.78, 5) is 8.74. The predicted octanol–water partition coefficient (Wildman–Crippen LogP) is 4.88. The third-order valence-electron chi connectivity index (χ3n) is 3.48. The van der Waals surface area contributed by atoms with E-state index in [-0.39, 0.29) is 0 Å². The lowest BCUT2D eigenvalue weighted by molar-refractivity contribution is 0.744. The molecule has 0 amide bonds. The van der Waals surface area contributed by atoms with Crippen LogP contribution in [0.2, 0.25) is 10.0 Å². The van der Waals surface area contributed by atoms with Gasteiger partial charge in [0, 0.05) is 28.0 Å². The fourth-order valence-corrected chi connectivity index (χ4v) is 3.05. The van der Waals surface area contributed by atoms with Gasteiger partial charge in [-0.2, -0.15) is 4.98 Å². The van der Waals surface area contributed by atoms with Gasteiger partial charge in [0.25, 0.3) is 0 Å². The minimum Gasteiger partial charge on any atom is -0.351 e. The molecule has 21 heavy (non-hydrogen) atoms. The highest BCUT2D eigenvalue weighted by molar-refractivity contribution is 6.35. The number of benzene rings is 1. The maximum Gasteiger partial charge on any atom is 0.224 e. The SMILES string of the molecule is Clc1cc(Cl)cc(Nc2ccnc(NC3CCCC3)n2)c1. The third kappa shape index (κ3) is 3.99. The first kappa shape index (κ1) is 14.4. The zero-order chi connectivity index (χ0) is 14.7. The molecule has 0 spiro atoms. The Kier molecular flexibility index (Phi) is 4.46. The number of nitrogens with zero attached hydrogens (tertiary/aromatic N) is 2. The Bertz CT molecular complexity index is 607. The van der Waals surface area contributed by atoms with Crippen LogP contribution in [0, 0.1) is 0 Å². The van der Waals surface area contributed by atoms with Crippen molar-refractivity contribution in [3.63, 3.8) is 0 Å². The van der Waals surface area contributed by atoms with Crippen molar-refractivity contribution in [2.24, 2.45) is 0 Å². The number of hydrogen-bond donors (Lipinski definition) is 2. The molecule has 1 aliphatic rings. The summed E-state index contributed by atoms with van der Waals surface area (Å²) in [5.41, 5.74) is 0.804. The predicted molar refractivity (Wildman–Crippen MR) is 87.7 cm³/mol. The molecule has 6 heteroatoms. The van der Waals surface area contributed by atoms with Gasteiger partial charge in [0.15, 0.2) is 0 Å². The van der Waals surface area contributed by atoms with Crippen LogP contribution in [0.15, 0.2) is 30.5 Å². The average Bonchev–Trinajstić information content (AvgIpc) is 2.90. The van der Waals surface area contributed by atoms with E-state index in [1.165, 1.54) is 25.7 Å². The van der Waals surface area contributed by atoms with Crippen LogP contribution < -0.4 is 10.6 Å². The van der Waals surface area contributed by atoms with Gasteiger partial charge in [-0.25, -0.2) is 4.98 Å². The van der Waals surface area contributed by atoms with E-state index in [9.17, 15) is 0 Å². The number of hydrogen-bond acceptors (Lipinski definition) is 4. The van der Waals surface area contributed by atoms with Crippen molar-refractivity contribution in [3.8, 4) is 0 Å². The molecule has 0 unspecified atom stereocenters. The highest BCUT2D eigenvalue weighted by Gasteiger charge is 2.15. The molecule has 3 rings (SSSR count). The Hall–Kier alpha value is -1.52. The second-order valence-electron chi connectivity index (χ2n) is 5.17. The number of halogens is 2. The Balaban J connectivity index is 1.73. The summed E-state index contributed by atoms with van der Waals surface area (Å²) in [6.07, 6.45) is 6.65. The van der Waals surface area contributed by atoms with E-state index in [1.807, 2.05) is 6.07 Å². The van der Waals surface area contributed by atoms with Crippen LogP contribution in [0.5, 0.6) is 0 Å². The van der Waals surface area contributed by atoms with Gasteiger partial charge < -0.3 is 10.6 Å². The molecule has 1 aromatic heterocycles. The smallest absolute Gasteiger partial charge is 0.224 e. The molecule has 1 aromatic carbocycles. The van der Waals surface area contributed by atoms with Crippen LogP contribution >= 0.6 is 23.2 Å². The molecule has 0 radical (unpaired) electrons. The first-order valence-electron chi connectivity index (χ1n) is 7.02. The summed E-state index contributed by atoms with van der Waals surface area (Å²) < 4.78 is 0. The summed E-state index contributed by atoms with van der Waals surface area (Å²) in [6, 6.07) is 7.61. The van der Waals surface area contributed by atoms with Crippen LogP contribution in [-0.2, 0) is 0 Å². The average molecular weight is 323 g/mol. The van der Waals surface area contributed by atoms with Crippen LogP contribution in [0.1, 0.15) is 25.7 Å². The van der Waals surface area contributed by atoms with Gasteiger partial charge in [0.2, 0.25) is 5.95 Å². The minimum absolute atomic E-state index is 0.487. The van der Waals surface area contributed by atoms with Crippen LogP contribution in [0.4, 0.5) is 17.5 Å². The van der Waals surface area contributed by atoms with E-state index in [0.29, 0.717) is 27.9 Å². The second kappa shape index (κ2) is 6.50. The molecule has 4 nitrogen and oxygen atoms in total. The van der Waals surface area contributed by atoms with E-state index in [0.717, 1.165) is 5.69 Å². The summed E-state index contributed by atoms with van der Waals surface area (Å²) in [7, 11) is 0. The van der Waals surface area contributed by atoms with Gasteiger partial charge in [-0.3, -0.25) is 0 Å². The van der Waals surface area contributed by atoms with Crippen LogP contribution in [0.25, 0.3) is 0 Å². The molecule has 0 bridgehead atoms. The van der Waals surface area contributed by atoms with E-state index in [1.54, 1.807) is 24.4 Å². The van der Waals surface area contributed by atoms with Crippen molar-refractivity contribution in [2.45, 2.75) is 31.7 Å². The lowest BCUT2D eigenvalue weighted by atomic mass is 10.2. The molecule has 0 saturated heterocycles. The lowest BCUT2D eigenvalue weighted by Gasteiger charge is -2.13. The van der Waals surface area contributed by atoms with Crippen LogP contribution in [0.3, 0.4) is 0 Å². The number of nitrogens with one attached hydrogen (secondary N) is 2. The van der Waals surface area contributed by atoms with Gasteiger partial charge in [-0.05, 0) is 37.1 Å². The van der Waals surface area contributed by atoms with Crippen molar-refractivity contribution < 1.29 is 0 Å². The summed E-state index contributed by atoms with van der Waals surface area (Å²) in [5, 5.41) is 7.74. The summed E-state index contributed by atoms with van der Waals surface area (Å²) >= 11 is 12.0. The Morgan fingerprint density at radius 1 is 1.05 bits per heavy atom. The summed E-state index contributed by atoms with van der Waals surface area (Å²) in [6.45, 7) is 0. The van der Waals surface area contributed by atoms with Crippen molar-refractivity contribution in [2.75, 3.05) is 10.6 Å². The third-order valence-corrected chi connectivity index (χ3v) is 3.92. The zero-order valence-corrected chi connectivity index (χ0v) is 13.0. The van der Waals surface area contributed by atoms with E-state index < -0.39 is 0 Å². The van der Waals surface area contributed by atoms with Gasteiger partial charge >= 0.3 is 0 Å². The van der Waals surface area contributed by atoms with E-state index >= 15 is 0 Å². The van der Waals surface area contributed by atoms with Gasteiger partial charge in [0.1, 0.15) is 5.82 Å². The van der Waals surface area contributed by atoms with Gasteiger partial charge in [-0.15, -0.1) is 0 Å². The Morgan fingerprint density at radius 3 is 2.48 bits per heavy atom. The first-order valence-corrected chi connectivity index (χ1v) is 7.77. The molecule has 110 valence electrons. The molecule has 1 aliphatic carbocycles. The molecule has 2 N–H and O–H groups in total. The molecule has 1 saturated carbocycles. The number of rotatable bonds is 4. The van der Waals surface area contributed by atoms with Crippen molar-refractivity contribution >= 4 is 40.7 Å². The molecule has 0 aliphatic heterocycles. The molecule has 0 atom stereocenters. The van der Waals surface area contributed by atoms with Gasteiger partial charge in [-0.1, -0.05) is 36.0 Å². The monoisotopic (exact) mass is 322 g/mol. The van der Waals surface area contributed by atoms with E-state index in [2.05, 4.69) is 20.6 Å².